The molecule has 20 heavy (non-hydrogen) atoms. The van der Waals surface area contributed by atoms with E-state index in [1.165, 1.54) is 5.56 Å². The van der Waals surface area contributed by atoms with Crippen LogP contribution in [0.2, 0.25) is 0 Å². The molecule has 0 bridgehead atoms. The van der Waals surface area contributed by atoms with Crippen molar-refractivity contribution in [2.45, 2.75) is 19.4 Å². The molecule has 0 radical (unpaired) electrons. The van der Waals surface area contributed by atoms with Crippen molar-refractivity contribution >= 4 is 23.0 Å². The summed E-state index contributed by atoms with van der Waals surface area (Å²) in [5.41, 5.74) is 15.7. The number of benzene rings is 2. The van der Waals surface area contributed by atoms with Crippen LogP contribution in [-0.4, -0.2) is 11.9 Å². The summed E-state index contributed by atoms with van der Waals surface area (Å²) in [6.45, 7) is 2.13. The van der Waals surface area contributed by atoms with Crippen molar-refractivity contribution in [2.75, 3.05) is 10.6 Å². The van der Waals surface area contributed by atoms with Gasteiger partial charge in [0.1, 0.15) is 0 Å². The minimum atomic E-state index is -0.434. The van der Waals surface area contributed by atoms with Crippen molar-refractivity contribution in [3.05, 3.63) is 53.6 Å². The van der Waals surface area contributed by atoms with Crippen molar-refractivity contribution in [1.29, 1.82) is 0 Å². The van der Waals surface area contributed by atoms with E-state index in [2.05, 4.69) is 24.0 Å². The highest BCUT2D eigenvalue weighted by Gasteiger charge is 2.29. The molecule has 4 N–H and O–H groups in total. The number of hydrogen-bond donors (Lipinski definition) is 2. The van der Waals surface area contributed by atoms with E-state index < -0.39 is 5.91 Å². The summed E-state index contributed by atoms with van der Waals surface area (Å²) in [5, 5.41) is 0. The number of nitrogen functional groups attached to an aromatic ring is 1. The monoisotopic (exact) mass is 267 g/mol. The fourth-order valence-corrected chi connectivity index (χ4v) is 2.89. The molecule has 1 heterocycles. The zero-order chi connectivity index (χ0) is 14.3. The molecule has 0 saturated carbocycles. The lowest BCUT2D eigenvalue weighted by Crippen LogP contribution is -2.27. The van der Waals surface area contributed by atoms with Gasteiger partial charge in [-0.05, 0) is 43.2 Å². The number of amides is 1. The highest BCUT2D eigenvalue weighted by Crippen LogP contribution is 2.40. The number of hydrogen-bond acceptors (Lipinski definition) is 3. The Balaban J connectivity index is 2.18. The number of anilines is 3. The number of carbonyl (C=O) groups excluding carboxylic acids is 1. The Morgan fingerprint density at radius 3 is 2.70 bits per heavy atom. The fourth-order valence-electron chi connectivity index (χ4n) is 2.89. The van der Waals surface area contributed by atoms with Gasteiger partial charge in [-0.2, -0.15) is 0 Å². The van der Waals surface area contributed by atoms with Crippen LogP contribution in [0.5, 0.6) is 0 Å². The van der Waals surface area contributed by atoms with E-state index in [1.54, 1.807) is 12.1 Å². The second-order valence-corrected chi connectivity index (χ2v) is 5.19. The number of carbonyl (C=O) groups is 1. The summed E-state index contributed by atoms with van der Waals surface area (Å²) in [6, 6.07) is 13.7. The molecule has 102 valence electrons. The van der Waals surface area contributed by atoms with Crippen LogP contribution in [0.25, 0.3) is 0 Å². The summed E-state index contributed by atoms with van der Waals surface area (Å²) in [7, 11) is 0. The molecule has 1 unspecified atom stereocenters. The number of fused-ring (bicyclic) bond motifs is 1. The minimum absolute atomic E-state index is 0.271. The molecule has 1 aliphatic heterocycles. The van der Waals surface area contributed by atoms with Crippen molar-refractivity contribution in [2.24, 2.45) is 5.73 Å². The van der Waals surface area contributed by atoms with Crippen molar-refractivity contribution in [1.82, 2.24) is 0 Å². The molecule has 4 heteroatoms. The third-order valence-electron chi connectivity index (χ3n) is 3.75. The van der Waals surface area contributed by atoms with Crippen molar-refractivity contribution < 1.29 is 4.79 Å². The minimum Gasteiger partial charge on any atom is -0.399 e. The maximum absolute atomic E-state index is 11.7. The van der Waals surface area contributed by atoms with Gasteiger partial charge < -0.3 is 16.4 Å². The van der Waals surface area contributed by atoms with Gasteiger partial charge in [0, 0.05) is 17.4 Å². The molecule has 4 nitrogen and oxygen atoms in total. The Hall–Kier alpha value is -2.49. The van der Waals surface area contributed by atoms with Crippen LogP contribution in [0.1, 0.15) is 22.8 Å². The summed E-state index contributed by atoms with van der Waals surface area (Å²) in [4.78, 5) is 13.8. The lowest BCUT2D eigenvalue weighted by atomic mass is 10.1. The lowest BCUT2D eigenvalue weighted by Gasteiger charge is -2.27. The molecule has 1 amide bonds. The van der Waals surface area contributed by atoms with E-state index in [0.717, 1.165) is 17.8 Å². The number of nitrogens with zero attached hydrogens (tertiary/aromatic N) is 1. The van der Waals surface area contributed by atoms with Gasteiger partial charge in [0.25, 0.3) is 5.91 Å². The van der Waals surface area contributed by atoms with Crippen LogP contribution in [0.4, 0.5) is 17.1 Å². The SMILES string of the molecule is CC1Cc2ccccc2N1c1cc(N)ccc1C(N)=O. The van der Waals surface area contributed by atoms with Crippen molar-refractivity contribution in [3.63, 3.8) is 0 Å². The smallest absolute Gasteiger partial charge is 0.250 e. The standard InChI is InChI=1S/C16H17N3O/c1-10-8-11-4-2-3-5-14(11)19(10)15-9-12(17)6-7-13(15)16(18)20/h2-7,9-10H,8,17H2,1H3,(H2,18,20). The third kappa shape index (κ3) is 1.90. The maximum Gasteiger partial charge on any atom is 0.250 e. The third-order valence-corrected chi connectivity index (χ3v) is 3.75. The predicted octanol–water partition coefficient (Wildman–Crippen LogP) is 2.45. The van der Waals surface area contributed by atoms with Gasteiger partial charge in [0.2, 0.25) is 0 Å². The van der Waals surface area contributed by atoms with Gasteiger partial charge in [0.15, 0.2) is 0 Å². The first-order valence-corrected chi connectivity index (χ1v) is 6.64. The molecule has 0 aliphatic carbocycles. The predicted molar refractivity (Wildman–Crippen MR) is 81.1 cm³/mol. The first-order chi connectivity index (χ1) is 9.58. The van der Waals surface area contributed by atoms with Gasteiger partial charge in [-0.1, -0.05) is 18.2 Å². The highest BCUT2D eigenvalue weighted by molar-refractivity contribution is 6.00. The highest BCUT2D eigenvalue weighted by atomic mass is 16.1. The summed E-state index contributed by atoms with van der Waals surface area (Å²) < 4.78 is 0. The van der Waals surface area contributed by atoms with Gasteiger partial charge in [-0.15, -0.1) is 0 Å². The molecular weight excluding hydrogens is 250 g/mol. The normalized spacial score (nSPS) is 17.1. The molecule has 0 aromatic heterocycles. The van der Waals surface area contributed by atoms with Crippen LogP contribution >= 0.6 is 0 Å². The number of nitrogens with two attached hydrogens (primary N) is 2. The van der Waals surface area contributed by atoms with Gasteiger partial charge in [-0.25, -0.2) is 0 Å². The number of primary amides is 1. The molecule has 2 aromatic carbocycles. The van der Waals surface area contributed by atoms with Gasteiger partial charge >= 0.3 is 0 Å². The topological polar surface area (TPSA) is 72.3 Å². The Morgan fingerprint density at radius 2 is 1.95 bits per heavy atom. The van der Waals surface area contributed by atoms with E-state index in [0.29, 0.717) is 11.3 Å². The Labute approximate surface area is 118 Å². The quantitative estimate of drug-likeness (QED) is 0.821. The van der Waals surface area contributed by atoms with Crippen LogP contribution < -0.4 is 16.4 Å². The van der Waals surface area contributed by atoms with Crippen molar-refractivity contribution in [3.8, 4) is 0 Å². The molecule has 2 aromatic rings. The summed E-state index contributed by atoms with van der Waals surface area (Å²) in [5.74, 6) is -0.434. The second kappa shape index (κ2) is 4.56. The number of rotatable bonds is 2. The Morgan fingerprint density at radius 1 is 1.20 bits per heavy atom. The average molecular weight is 267 g/mol. The lowest BCUT2D eigenvalue weighted by molar-refractivity contribution is 0.100. The van der Waals surface area contributed by atoms with Gasteiger partial charge in [-0.3, -0.25) is 4.79 Å². The van der Waals surface area contributed by atoms with Crippen LogP contribution in [0.15, 0.2) is 42.5 Å². The van der Waals surface area contributed by atoms with Gasteiger partial charge in [0.05, 0.1) is 11.3 Å². The van der Waals surface area contributed by atoms with E-state index in [1.807, 2.05) is 18.2 Å². The Kier molecular flexibility index (Phi) is 2.86. The van der Waals surface area contributed by atoms with Crippen LogP contribution in [0, 0.1) is 0 Å². The second-order valence-electron chi connectivity index (χ2n) is 5.19. The van der Waals surface area contributed by atoms with Crippen LogP contribution in [0.3, 0.4) is 0 Å². The summed E-state index contributed by atoms with van der Waals surface area (Å²) >= 11 is 0. The molecule has 0 spiro atoms. The van der Waals surface area contributed by atoms with E-state index in [9.17, 15) is 4.79 Å². The average Bonchev–Trinajstić information content (AvgIpc) is 2.73. The zero-order valence-corrected chi connectivity index (χ0v) is 11.3. The Bertz CT molecular complexity index is 681. The largest absolute Gasteiger partial charge is 0.399 e. The molecule has 1 aliphatic rings. The maximum atomic E-state index is 11.7. The first kappa shape index (κ1) is 12.5. The molecular formula is C16H17N3O. The molecule has 0 saturated heterocycles. The molecule has 3 rings (SSSR count). The fraction of sp³-hybridized carbons (Fsp3) is 0.188. The molecule has 0 fully saturated rings. The van der Waals surface area contributed by atoms with E-state index in [4.69, 9.17) is 11.5 Å². The first-order valence-electron chi connectivity index (χ1n) is 6.64. The number of para-hydroxylation sites is 1. The van der Waals surface area contributed by atoms with Crippen LogP contribution in [-0.2, 0) is 6.42 Å². The summed E-state index contributed by atoms with van der Waals surface area (Å²) in [6.07, 6.45) is 0.948. The zero-order valence-electron chi connectivity index (χ0n) is 11.3. The van der Waals surface area contributed by atoms with E-state index in [-0.39, 0.29) is 6.04 Å². The van der Waals surface area contributed by atoms with E-state index >= 15 is 0 Å². The molecule has 1 atom stereocenters.